The lowest BCUT2D eigenvalue weighted by atomic mass is 9.85. The molecule has 6 atom stereocenters. The molecule has 11 heteroatoms. The van der Waals surface area contributed by atoms with E-state index >= 15 is 0 Å². The van der Waals surface area contributed by atoms with Crippen molar-refractivity contribution in [3.05, 3.63) is 185 Å². The molecule has 0 aliphatic carbocycles. The highest BCUT2D eigenvalue weighted by Gasteiger charge is 2.39. The summed E-state index contributed by atoms with van der Waals surface area (Å²) < 4.78 is 0. The third-order valence-corrected chi connectivity index (χ3v) is 15.2. The molecule has 3 aliphatic heterocycles. The van der Waals surface area contributed by atoms with Gasteiger partial charge in [-0.25, -0.2) is 9.97 Å². The average molecular weight is 895 g/mol. The number of amides is 2. The number of likely N-dealkylation sites (N-methyl/N-ethyl adjacent to an activating group) is 2. The molecule has 7 aromatic rings. The van der Waals surface area contributed by atoms with Crippen LogP contribution in [0, 0.1) is 0 Å². The number of carbonyl (C=O) groups excluding carboxylic acids is 2. The summed E-state index contributed by atoms with van der Waals surface area (Å²) >= 11 is 1.97. The lowest BCUT2D eigenvalue weighted by Crippen LogP contribution is -2.40. The van der Waals surface area contributed by atoms with Crippen LogP contribution in [0.5, 0.6) is 0 Å². The Bertz CT molecular complexity index is 2770. The van der Waals surface area contributed by atoms with E-state index in [2.05, 4.69) is 82.8 Å². The zero-order valence-corrected chi connectivity index (χ0v) is 39.0. The summed E-state index contributed by atoms with van der Waals surface area (Å²) in [5.41, 5.74) is 10.0. The van der Waals surface area contributed by atoms with Crippen LogP contribution in [-0.2, 0) is 16.0 Å². The van der Waals surface area contributed by atoms with Gasteiger partial charge in [0.25, 0.3) is 0 Å². The van der Waals surface area contributed by atoms with Crippen LogP contribution in [0.1, 0.15) is 95.2 Å². The van der Waals surface area contributed by atoms with Gasteiger partial charge < -0.3 is 19.8 Å². The van der Waals surface area contributed by atoms with E-state index < -0.39 is 0 Å². The van der Waals surface area contributed by atoms with E-state index in [9.17, 15) is 9.59 Å². The fourth-order valence-electron chi connectivity index (χ4n) is 10.6. The largest absolute Gasteiger partial charge is 0.340 e. The average Bonchev–Trinajstić information content (AvgIpc) is 4.20. The van der Waals surface area contributed by atoms with Crippen LogP contribution in [0.3, 0.4) is 0 Å². The lowest BCUT2D eigenvalue weighted by molar-refractivity contribution is -0.138. The minimum Gasteiger partial charge on any atom is -0.340 e. The standard InChI is InChI=1S/C55H58N8O2S/c1-60(2)50(39-18-10-6-11-19-39)54(64)62-30-14-22-45(62)52-56-34-43(58-52)36-24-26-38(27-25-36)49(37-16-8-5-9-17-37)48-33-42-32-41(28-29-47(42)66-48)44-35-57-53(59-44)46-23-15-31-63(46)55(65)51(61(3)4)40-20-12-7-13-21-40/h5-13,16-21,24-29,32,34-35,45-46,48-51H,14-15,22-23,30-31,33H2,1-4H3,(H,56,58)(H,57,59)/t45-,46-,48?,49?,50+,51+/m0/s1. The van der Waals surface area contributed by atoms with Gasteiger partial charge >= 0.3 is 0 Å². The molecule has 66 heavy (non-hydrogen) atoms. The first-order valence-corrected chi connectivity index (χ1v) is 24.2. The highest BCUT2D eigenvalue weighted by Crippen LogP contribution is 2.47. The van der Waals surface area contributed by atoms with Crippen molar-refractivity contribution in [2.24, 2.45) is 0 Å². The summed E-state index contributed by atoms with van der Waals surface area (Å²) in [6.07, 6.45) is 8.45. The molecule has 10 rings (SSSR count). The summed E-state index contributed by atoms with van der Waals surface area (Å²) in [6, 6.07) is 45.9. The number of imidazole rings is 2. The van der Waals surface area contributed by atoms with Crippen molar-refractivity contribution in [2.45, 2.75) is 72.3 Å². The molecule has 5 aromatic carbocycles. The van der Waals surface area contributed by atoms with Gasteiger partial charge in [0.05, 0.1) is 35.9 Å². The predicted molar refractivity (Wildman–Crippen MR) is 263 cm³/mol. The molecule has 10 nitrogen and oxygen atoms in total. The highest BCUT2D eigenvalue weighted by molar-refractivity contribution is 8.00. The highest BCUT2D eigenvalue weighted by atomic mass is 32.2. The second-order valence-corrected chi connectivity index (χ2v) is 19.8. The molecule has 336 valence electrons. The summed E-state index contributed by atoms with van der Waals surface area (Å²) in [5, 5.41) is 0.305. The van der Waals surface area contributed by atoms with Crippen LogP contribution in [0.4, 0.5) is 0 Å². The van der Waals surface area contributed by atoms with Crippen LogP contribution in [0.25, 0.3) is 22.5 Å². The van der Waals surface area contributed by atoms with E-state index in [1.807, 2.05) is 133 Å². The fraction of sp³-hybridized carbons (Fsp3) is 0.309. The molecule has 0 bridgehead atoms. The second kappa shape index (κ2) is 18.9. The van der Waals surface area contributed by atoms with Gasteiger partial charge in [-0.1, -0.05) is 121 Å². The molecule has 2 unspecified atom stereocenters. The summed E-state index contributed by atoms with van der Waals surface area (Å²) in [7, 11) is 7.89. The molecular weight excluding hydrogens is 837 g/mol. The molecule has 2 aromatic heterocycles. The van der Waals surface area contributed by atoms with E-state index in [-0.39, 0.29) is 41.9 Å². The molecule has 2 fully saturated rings. The van der Waals surface area contributed by atoms with Gasteiger partial charge in [0.2, 0.25) is 11.8 Å². The molecule has 3 aliphatic rings. The van der Waals surface area contributed by atoms with Gasteiger partial charge in [-0.3, -0.25) is 19.4 Å². The number of benzene rings is 5. The van der Waals surface area contributed by atoms with Gasteiger partial charge in [0, 0.05) is 29.2 Å². The molecule has 0 spiro atoms. The van der Waals surface area contributed by atoms with E-state index in [0.29, 0.717) is 5.25 Å². The molecule has 0 radical (unpaired) electrons. The molecule has 2 saturated heterocycles. The molecule has 5 heterocycles. The van der Waals surface area contributed by atoms with E-state index in [1.165, 1.54) is 21.6 Å². The second-order valence-electron chi connectivity index (χ2n) is 18.5. The van der Waals surface area contributed by atoms with Gasteiger partial charge in [-0.2, -0.15) is 0 Å². The minimum absolute atomic E-state index is 0.0881. The maximum Gasteiger partial charge on any atom is 0.245 e. The first kappa shape index (κ1) is 43.6. The maximum absolute atomic E-state index is 14.1. The van der Waals surface area contributed by atoms with Gasteiger partial charge in [0.15, 0.2) is 0 Å². The number of thioether (sulfide) groups is 1. The van der Waals surface area contributed by atoms with Crippen molar-refractivity contribution in [2.75, 3.05) is 41.3 Å². The van der Waals surface area contributed by atoms with E-state index in [1.54, 1.807) is 0 Å². The normalized spacial score (nSPS) is 19.6. The van der Waals surface area contributed by atoms with Crippen molar-refractivity contribution in [1.82, 2.24) is 39.5 Å². The van der Waals surface area contributed by atoms with E-state index in [4.69, 9.17) is 9.97 Å². The van der Waals surface area contributed by atoms with Crippen LogP contribution < -0.4 is 0 Å². The Morgan fingerprint density at radius 3 is 1.55 bits per heavy atom. The molecular formula is C55H58N8O2S. The Kier molecular flexibility index (Phi) is 12.5. The first-order valence-electron chi connectivity index (χ1n) is 23.3. The molecule has 0 saturated carbocycles. The zero-order valence-electron chi connectivity index (χ0n) is 38.2. The quantitative estimate of drug-likeness (QED) is 0.119. The van der Waals surface area contributed by atoms with Crippen LogP contribution in [0.15, 0.2) is 151 Å². The number of nitrogens with zero attached hydrogens (tertiary/aromatic N) is 6. The summed E-state index contributed by atoms with van der Waals surface area (Å²) in [4.78, 5) is 54.6. The topological polar surface area (TPSA) is 104 Å². The van der Waals surface area contributed by atoms with Gasteiger partial charge in [-0.15, -0.1) is 11.8 Å². The summed E-state index contributed by atoms with van der Waals surface area (Å²) in [6.45, 7) is 1.44. The zero-order chi connectivity index (χ0) is 45.3. The maximum atomic E-state index is 14.1. The van der Waals surface area contributed by atoms with Crippen LogP contribution in [0.2, 0.25) is 0 Å². The molecule has 2 amide bonds. The Balaban J connectivity index is 0.848. The number of fused-ring (bicyclic) bond motifs is 1. The van der Waals surface area contributed by atoms with Crippen molar-refractivity contribution in [3.63, 3.8) is 0 Å². The number of aromatic nitrogens is 4. The smallest absolute Gasteiger partial charge is 0.245 e. The van der Waals surface area contributed by atoms with Crippen molar-refractivity contribution >= 4 is 23.6 Å². The number of carbonyl (C=O) groups is 2. The Morgan fingerprint density at radius 2 is 1.05 bits per heavy atom. The fourth-order valence-corrected chi connectivity index (χ4v) is 12.1. The minimum atomic E-state index is -0.348. The van der Waals surface area contributed by atoms with E-state index in [0.717, 1.165) is 90.5 Å². The first-order chi connectivity index (χ1) is 32.2. The number of rotatable bonds is 13. The Labute approximate surface area is 392 Å². The molecule has 2 N–H and O–H groups in total. The number of aromatic amines is 2. The lowest BCUT2D eigenvalue weighted by Gasteiger charge is -2.31. The third-order valence-electron chi connectivity index (χ3n) is 13.8. The monoisotopic (exact) mass is 894 g/mol. The summed E-state index contributed by atoms with van der Waals surface area (Å²) in [5.74, 6) is 2.09. The van der Waals surface area contributed by atoms with Crippen molar-refractivity contribution in [1.29, 1.82) is 0 Å². The number of H-pyrrole nitrogens is 2. The third kappa shape index (κ3) is 8.63. The SMILES string of the molecule is CN(C)[C@@H](C(=O)N1CCC[C@H]1c1ncc(-c2ccc(C(c3ccccc3)C3Cc4cc(-c5cnc([C@@H]6CCCN6C(=O)[C@@H](c6ccccc6)N(C)C)[nH]5)ccc4S3)cc2)[nH]1)c1ccccc1. The van der Waals surface area contributed by atoms with Crippen molar-refractivity contribution in [3.8, 4) is 22.5 Å². The van der Waals surface area contributed by atoms with Gasteiger partial charge in [-0.05, 0) is 111 Å². The Morgan fingerprint density at radius 1 is 0.591 bits per heavy atom. The van der Waals surface area contributed by atoms with Crippen LogP contribution in [-0.4, -0.2) is 97.9 Å². The number of hydrogen-bond donors (Lipinski definition) is 2. The Hall–Kier alpha value is -6.27. The number of nitrogens with one attached hydrogen (secondary N) is 2. The van der Waals surface area contributed by atoms with Gasteiger partial charge in [0.1, 0.15) is 23.7 Å². The predicted octanol–water partition coefficient (Wildman–Crippen LogP) is 10.2. The number of hydrogen-bond acceptors (Lipinski definition) is 7. The number of likely N-dealkylation sites (tertiary alicyclic amines) is 2. The van der Waals surface area contributed by atoms with Crippen molar-refractivity contribution < 1.29 is 9.59 Å². The van der Waals surface area contributed by atoms with Crippen LogP contribution >= 0.6 is 11.8 Å².